The van der Waals surface area contributed by atoms with Crippen LogP contribution in [0.15, 0.2) is 46.5 Å². The van der Waals surface area contributed by atoms with E-state index in [9.17, 15) is 5.11 Å². The first-order valence-corrected chi connectivity index (χ1v) is 9.23. The van der Waals surface area contributed by atoms with E-state index in [1.807, 2.05) is 23.2 Å². The molecule has 0 fully saturated rings. The molecule has 2 unspecified atom stereocenters. The van der Waals surface area contributed by atoms with Crippen molar-refractivity contribution in [3.8, 4) is 5.75 Å². The van der Waals surface area contributed by atoms with E-state index in [4.69, 9.17) is 4.99 Å². The highest BCUT2D eigenvalue weighted by atomic mass is 16.3. The average Bonchev–Trinajstić information content (AvgIpc) is 3.04. The fourth-order valence-electron chi connectivity index (χ4n) is 3.15. The minimum Gasteiger partial charge on any atom is -0.508 e. The first-order valence-electron chi connectivity index (χ1n) is 9.23. The van der Waals surface area contributed by atoms with Gasteiger partial charge in [0.05, 0.1) is 6.04 Å². The molecule has 0 aliphatic carbocycles. The summed E-state index contributed by atoms with van der Waals surface area (Å²) in [6, 6.07) is 7.42. The second kappa shape index (κ2) is 8.23. The molecule has 2 atom stereocenters. The Kier molecular flexibility index (Phi) is 5.78. The molecule has 7 nitrogen and oxygen atoms in total. The zero-order chi connectivity index (χ0) is 18.5. The molecule has 26 heavy (non-hydrogen) atoms. The van der Waals surface area contributed by atoms with E-state index in [1.165, 1.54) is 0 Å². The molecule has 0 aromatic heterocycles. The number of nitrogens with zero attached hydrogens (tertiary/aromatic N) is 4. The number of hydrogen-bond donors (Lipinski definition) is 3. The van der Waals surface area contributed by atoms with E-state index in [-0.39, 0.29) is 18.0 Å². The van der Waals surface area contributed by atoms with Crippen molar-refractivity contribution in [1.82, 2.24) is 20.8 Å². The quantitative estimate of drug-likeness (QED) is 0.693. The minimum atomic E-state index is -0.000784. The Morgan fingerprint density at radius 1 is 1.27 bits per heavy atom. The second-order valence-electron chi connectivity index (χ2n) is 6.64. The molecule has 0 saturated heterocycles. The van der Waals surface area contributed by atoms with Gasteiger partial charge in [-0.05, 0) is 49.9 Å². The lowest BCUT2D eigenvalue weighted by Gasteiger charge is -2.30. The number of hydrazone groups is 1. The molecule has 1 aromatic rings. The lowest BCUT2D eigenvalue weighted by Crippen LogP contribution is -2.53. The predicted molar refractivity (Wildman–Crippen MR) is 105 cm³/mol. The Hall–Kier alpha value is -2.54. The van der Waals surface area contributed by atoms with Gasteiger partial charge in [0.1, 0.15) is 17.4 Å². The van der Waals surface area contributed by atoms with E-state index in [2.05, 4.69) is 47.7 Å². The summed E-state index contributed by atoms with van der Waals surface area (Å²) in [7, 11) is 0. The van der Waals surface area contributed by atoms with Gasteiger partial charge < -0.3 is 10.0 Å². The van der Waals surface area contributed by atoms with Gasteiger partial charge in [-0.3, -0.25) is 15.8 Å². The number of benzene rings is 1. The van der Waals surface area contributed by atoms with Crippen molar-refractivity contribution in [2.24, 2.45) is 10.1 Å². The van der Waals surface area contributed by atoms with Crippen LogP contribution in [-0.4, -0.2) is 58.5 Å². The Morgan fingerprint density at radius 2 is 2.00 bits per heavy atom. The fourth-order valence-corrected chi connectivity index (χ4v) is 3.15. The molecule has 3 rings (SSSR count). The van der Waals surface area contributed by atoms with E-state index in [0.29, 0.717) is 6.42 Å². The van der Waals surface area contributed by atoms with Crippen LogP contribution in [0.1, 0.15) is 26.3 Å². The monoisotopic (exact) mass is 356 g/mol. The van der Waals surface area contributed by atoms with Crippen molar-refractivity contribution >= 4 is 11.7 Å². The summed E-state index contributed by atoms with van der Waals surface area (Å²) >= 11 is 0. The molecule has 140 valence electrons. The summed E-state index contributed by atoms with van der Waals surface area (Å²) in [4.78, 5) is 7.18. The summed E-state index contributed by atoms with van der Waals surface area (Å²) in [5.74, 6) is 2.02. The highest BCUT2D eigenvalue weighted by molar-refractivity contribution is 5.97. The third kappa shape index (κ3) is 4.35. The van der Waals surface area contributed by atoms with Gasteiger partial charge in [-0.2, -0.15) is 5.10 Å². The second-order valence-corrected chi connectivity index (χ2v) is 6.64. The molecule has 0 amide bonds. The maximum atomic E-state index is 9.43. The van der Waals surface area contributed by atoms with Crippen LogP contribution < -0.4 is 10.9 Å². The Bertz CT molecular complexity index is 692. The standard InChI is InChI=1S/C19H28N6O/c1-4-24(5-2)13-14(3)20-17-10-11-18-21-22-19(25(18)23-17)12-15-6-8-16(26)9-7-15/h6-11,14,18,21,26H,4-5,12-13H2,1-3H3,(H,20,23). The molecule has 2 aliphatic rings. The number of hydrogen-bond acceptors (Lipinski definition) is 6. The molecule has 0 radical (unpaired) electrons. The molecule has 2 heterocycles. The third-order valence-corrected chi connectivity index (χ3v) is 4.63. The maximum Gasteiger partial charge on any atom is 0.155 e. The highest BCUT2D eigenvalue weighted by Crippen LogP contribution is 2.15. The van der Waals surface area contributed by atoms with Gasteiger partial charge in [-0.1, -0.05) is 26.0 Å². The summed E-state index contributed by atoms with van der Waals surface area (Å²) in [5, 5.41) is 15.9. The van der Waals surface area contributed by atoms with Gasteiger partial charge in [0.2, 0.25) is 0 Å². The summed E-state index contributed by atoms with van der Waals surface area (Å²) in [6.45, 7) is 9.51. The molecular formula is C19H28N6O. The van der Waals surface area contributed by atoms with Crippen molar-refractivity contribution in [2.45, 2.75) is 39.4 Å². The van der Waals surface area contributed by atoms with Crippen LogP contribution >= 0.6 is 0 Å². The summed E-state index contributed by atoms with van der Waals surface area (Å²) < 4.78 is 0. The number of amidine groups is 2. The minimum absolute atomic E-state index is 0.000784. The Labute approximate surface area is 155 Å². The van der Waals surface area contributed by atoms with Gasteiger partial charge in [-0.15, -0.1) is 0 Å². The van der Waals surface area contributed by atoms with Crippen molar-refractivity contribution in [2.75, 3.05) is 19.6 Å². The van der Waals surface area contributed by atoms with Gasteiger partial charge in [-0.25, -0.2) is 5.01 Å². The van der Waals surface area contributed by atoms with Crippen molar-refractivity contribution in [3.63, 3.8) is 0 Å². The number of aromatic hydroxyl groups is 1. The molecule has 7 heteroatoms. The number of phenols is 1. The molecule has 3 N–H and O–H groups in total. The first-order chi connectivity index (χ1) is 12.6. The summed E-state index contributed by atoms with van der Waals surface area (Å²) in [5.41, 5.74) is 7.58. The van der Waals surface area contributed by atoms with Crippen LogP contribution in [-0.2, 0) is 6.42 Å². The maximum absolute atomic E-state index is 9.43. The SMILES string of the molecule is CCN(CC)CC(C)N=C1C=CC2NN=C(Cc3ccc(O)cc3)N2N1. The van der Waals surface area contributed by atoms with Crippen LogP contribution in [0.25, 0.3) is 0 Å². The topological polar surface area (TPSA) is 75.5 Å². The lowest BCUT2D eigenvalue weighted by molar-refractivity contribution is 0.285. The fraction of sp³-hybridized carbons (Fsp3) is 0.474. The molecule has 0 bridgehead atoms. The Morgan fingerprint density at radius 3 is 2.69 bits per heavy atom. The lowest BCUT2D eigenvalue weighted by atomic mass is 10.1. The van der Waals surface area contributed by atoms with Gasteiger partial charge in [0.25, 0.3) is 0 Å². The largest absolute Gasteiger partial charge is 0.508 e. The number of aliphatic imine (C=N–C) groups is 1. The zero-order valence-electron chi connectivity index (χ0n) is 15.7. The third-order valence-electron chi connectivity index (χ3n) is 4.63. The van der Waals surface area contributed by atoms with Crippen LogP contribution in [0.4, 0.5) is 0 Å². The highest BCUT2D eigenvalue weighted by Gasteiger charge is 2.29. The molecule has 1 aromatic carbocycles. The number of rotatable bonds is 7. The van der Waals surface area contributed by atoms with Crippen LogP contribution in [0.2, 0.25) is 0 Å². The van der Waals surface area contributed by atoms with Crippen LogP contribution in [0.5, 0.6) is 5.75 Å². The van der Waals surface area contributed by atoms with Crippen LogP contribution in [0.3, 0.4) is 0 Å². The van der Waals surface area contributed by atoms with E-state index in [1.54, 1.807) is 12.1 Å². The number of likely N-dealkylation sites (N-methyl/N-ethyl adjacent to an activating group) is 1. The number of hydrazine groups is 1. The van der Waals surface area contributed by atoms with E-state index < -0.39 is 0 Å². The number of fused-ring (bicyclic) bond motifs is 1. The smallest absolute Gasteiger partial charge is 0.155 e. The normalized spacial score (nSPS) is 21.4. The van der Waals surface area contributed by atoms with Crippen molar-refractivity contribution in [1.29, 1.82) is 0 Å². The zero-order valence-corrected chi connectivity index (χ0v) is 15.7. The number of nitrogens with one attached hydrogen (secondary N) is 2. The molecule has 0 saturated carbocycles. The summed E-state index contributed by atoms with van der Waals surface area (Å²) in [6.07, 6.45) is 4.74. The van der Waals surface area contributed by atoms with Gasteiger partial charge in [0.15, 0.2) is 6.17 Å². The van der Waals surface area contributed by atoms with Gasteiger partial charge >= 0.3 is 0 Å². The molecule has 2 aliphatic heterocycles. The van der Waals surface area contributed by atoms with Crippen LogP contribution in [0, 0.1) is 0 Å². The van der Waals surface area contributed by atoms with Crippen molar-refractivity contribution in [3.05, 3.63) is 42.0 Å². The first kappa shape index (κ1) is 18.3. The van der Waals surface area contributed by atoms with E-state index >= 15 is 0 Å². The van der Waals surface area contributed by atoms with Crippen molar-refractivity contribution < 1.29 is 5.11 Å². The molecular weight excluding hydrogens is 328 g/mol. The van der Waals surface area contributed by atoms with E-state index in [0.717, 1.165) is 36.9 Å². The Balaban J connectivity index is 1.64. The van der Waals surface area contributed by atoms with Gasteiger partial charge in [0, 0.05) is 13.0 Å². The molecule has 0 spiro atoms. The predicted octanol–water partition coefficient (Wildman–Crippen LogP) is 1.68. The number of phenolic OH excluding ortho intramolecular Hbond substituents is 1. The average molecular weight is 356 g/mol.